The molecule has 0 aromatic heterocycles. The summed E-state index contributed by atoms with van der Waals surface area (Å²) >= 11 is 0. The van der Waals surface area contributed by atoms with E-state index in [4.69, 9.17) is 9.47 Å². The molecule has 1 heterocycles. The monoisotopic (exact) mass is 567 g/mol. The fourth-order valence-corrected chi connectivity index (χ4v) is 5.24. The molecule has 0 saturated carbocycles. The minimum absolute atomic E-state index is 0.0827. The zero-order valence-corrected chi connectivity index (χ0v) is 24.6. The van der Waals surface area contributed by atoms with Crippen molar-refractivity contribution in [3.63, 3.8) is 0 Å². The lowest BCUT2D eigenvalue weighted by molar-refractivity contribution is -0.121. The maximum absolute atomic E-state index is 14.1. The molecule has 0 fully saturated rings. The number of hydrogen-bond acceptors (Lipinski definition) is 6. The number of amides is 1. The highest BCUT2D eigenvalue weighted by Crippen LogP contribution is 2.45. The average Bonchev–Trinajstić information content (AvgIpc) is 2.96. The van der Waals surface area contributed by atoms with E-state index in [-0.39, 0.29) is 11.7 Å². The number of esters is 1. The molecular weight excluding hydrogens is 533 g/mol. The van der Waals surface area contributed by atoms with Crippen molar-refractivity contribution in [2.75, 3.05) is 29.7 Å². The smallest absolute Gasteiger partial charge is 0.343 e. The quantitative estimate of drug-likeness (QED) is 0.183. The second kappa shape index (κ2) is 11.2. The van der Waals surface area contributed by atoms with Crippen molar-refractivity contribution in [3.05, 3.63) is 101 Å². The Morgan fingerprint density at radius 3 is 2.40 bits per heavy atom. The molecular formula is C34H34FN3O4. The molecule has 0 atom stereocenters. The molecule has 4 aromatic rings. The van der Waals surface area contributed by atoms with Crippen molar-refractivity contribution in [1.82, 2.24) is 0 Å². The van der Waals surface area contributed by atoms with Crippen molar-refractivity contribution < 1.29 is 23.5 Å². The Labute approximate surface area is 245 Å². The number of methoxy groups -OCH3 is 1. The van der Waals surface area contributed by atoms with Crippen molar-refractivity contribution in [2.24, 2.45) is 0 Å². The summed E-state index contributed by atoms with van der Waals surface area (Å²) in [6.45, 7) is 7.85. The molecule has 7 nitrogen and oxygen atoms in total. The third-order valence-electron chi connectivity index (χ3n) is 7.52. The zero-order valence-electron chi connectivity index (χ0n) is 24.6. The van der Waals surface area contributed by atoms with Gasteiger partial charge in [-0.15, -0.1) is 0 Å². The van der Waals surface area contributed by atoms with Crippen LogP contribution in [0.4, 0.5) is 21.5 Å². The number of rotatable bonds is 7. The standard InChI is InChI=1S/C34H34FN3O4/c1-20-7-10-22(11-8-20)32(39)42-24-13-14-26(30(18-24)41-6)25-15-16-28-31(38(5)33(40)34(3,4)37-28)27(25)19-36-29-17-23(35)12-9-21(29)2/h7-18,36-37H,19H2,1-6H3. The molecule has 5 rings (SSSR count). The Kier molecular flexibility index (Phi) is 7.65. The number of ether oxygens (including phenoxy) is 2. The van der Waals surface area contributed by atoms with Crippen LogP contribution in [0.1, 0.15) is 40.9 Å². The van der Waals surface area contributed by atoms with E-state index in [0.29, 0.717) is 29.3 Å². The van der Waals surface area contributed by atoms with Crippen LogP contribution in [0.15, 0.2) is 72.8 Å². The van der Waals surface area contributed by atoms with Crippen LogP contribution < -0.4 is 25.0 Å². The van der Waals surface area contributed by atoms with Gasteiger partial charge in [-0.05, 0) is 81.3 Å². The van der Waals surface area contributed by atoms with E-state index in [1.54, 1.807) is 49.4 Å². The van der Waals surface area contributed by atoms with Gasteiger partial charge in [-0.1, -0.05) is 29.8 Å². The normalized spacial score (nSPS) is 13.7. The first-order valence-corrected chi connectivity index (χ1v) is 13.7. The van der Waals surface area contributed by atoms with E-state index >= 15 is 0 Å². The Hall–Kier alpha value is -4.85. The Bertz CT molecular complexity index is 1680. The summed E-state index contributed by atoms with van der Waals surface area (Å²) < 4.78 is 25.5. The summed E-state index contributed by atoms with van der Waals surface area (Å²) in [5, 5.41) is 6.73. The minimum Gasteiger partial charge on any atom is -0.496 e. The Morgan fingerprint density at radius 2 is 1.69 bits per heavy atom. The second-order valence-corrected chi connectivity index (χ2v) is 11.0. The van der Waals surface area contributed by atoms with Crippen LogP contribution in [-0.4, -0.2) is 31.6 Å². The lowest BCUT2D eigenvalue weighted by Gasteiger charge is -2.40. The molecule has 0 radical (unpaired) electrons. The summed E-state index contributed by atoms with van der Waals surface area (Å²) in [5.41, 5.74) is 6.15. The zero-order chi connectivity index (χ0) is 30.2. The highest BCUT2D eigenvalue weighted by molar-refractivity contribution is 6.09. The average molecular weight is 568 g/mol. The molecule has 4 aromatic carbocycles. The molecule has 1 aliphatic rings. The number of halogens is 1. The molecule has 1 aliphatic heterocycles. The molecule has 0 spiro atoms. The van der Waals surface area contributed by atoms with Crippen molar-refractivity contribution in [1.29, 1.82) is 0 Å². The van der Waals surface area contributed by atoms with Gasteiger partial charge in [0, 0.05) is 36.5 Å². The number of aryl methyl sites for hydroxylation is 2. The van der Waals surface area contributed by atoms with Crippen LogP contribution in [0.25, 0.3) is 11.1 Å². The summed E-state index contributed by atoms with van der Waals surface area (Å²) in [5.74, 6) is -0.0645. The van der Waals surface area contributed by atoms with Crippen molar-refractivity contribution >= 4 is 28.9 Å². The molecule has 42 heavy (non-hydrogen) atoms. The van der Waals surface area contributed by atoms with Crippen LogP contribution in [0.5, 0.6) is 11.5 Å². The number of hydrogen-bond donors (Lipinski definition) is 2. The first-order valence-electron chi connectivity index (χ1n) is 13.7. The van der Waals surface area contributed by atoms with Gasteiger partial charge in [-0.3, -0.25) is 4.79 Å². The van der Waals surface area contributed by atoms with Gasteiger partial charge in [0.2, 0.25) is 0 Å². The molecule has 8 heteroatoms. The van der Waals surface area contributed by atoms with Crippen molar-refractivity contribution in [3.8, 4) is 22.6 Å². The summed E-state index contributed by atoms with van der Waals surface area (Å²) in [4.78, 5) is 27.7. The third kappa shape index (κ3) is 5.52. The molecule has 1 amide bonds. The number of anilines is 3. The van der Waals surface area contributed by atoms with Gasteiger partial charge in [0.15, 0.2) is 0 Å². The highest BCUT2D eigenvalue weighted by atomic mass is 19.1. The minimum atomic E-state index is -0.784. The van der Waals surface area contributed by atoms with Crippen molar-refractivity contribution in [2.45, 2.75) is 39.8 Å². The van der Waals surface area contributed by atoms with Gasteiger partial charge in [0.1, 0.15) is 22.9 Å². The van der Waals surface area contributed by atoms with Gasteiger partial charge in [-0.25, -0.2) is 9.18 Å². The number of carbonyl (C=O) groups excluding carboxylic acids is 2. The lowest BCUT2D eigenvalue weighted by atomic mass is 9.91. The van der Waals surface area contributed by atoms with Crippen LogP contribution in [0.2, 0.25) is 0 Å². The molecule has 0 unspecified atom stereocenters. The van der Waals surface area contributed by atoms with Gasteiger partial charge < -0.3 is 25.0 Å². The molecule has 0 bridgehead atoms. The predicted octanol–water partition coefficient (Wildman–Crippen LogP) is 7.12. The summed E-state index contributed by atoms with van der Waals surface area (Å²) in [6.07, 6.45) is 0. The number of benzene rings is 4. The van der Waals surface area contributed by atoms with Gasteiger partial charge in [0.05, 0.1) is 24.0 Å². The number of nitrogens with zero attached hydrogens (tertiary/aromatic N) is 1. The van der Waals surface area contributed by atoms with Gasteiger partial charge >= 0.3 is 5.97 Å². The number of nitrogens with one attached hydrogen (secondary N) is 2. The Morgan fingerprint density at radius 1 is 0.976 bits per heavy atom. The third-order valence-corrected chi connectivity index (χ3v) is 7.52. The predicted molar refractivity (Wildman–Crippen MR) is 164 cm³/mol. The first-order chi connectivity index (χ1) is 20.0. The highest BCUT2D eigenvalue weighted by Gasteiger charge is 2.38. The molecule has 2 N–H and O–H groups in total. The summed E-state index contributed by atoms with van der Waals surface area (Å²) in [7, 11) is 3.31. The van der Waals surface area contributed by atoms with E-state index in [9.17, 15) is 14.0 Å². The largest absolute Gasteiger partial charge is 0.496 e. The molecule has 216 valence electrons. The number of carbonyl (C=O) groups is 2. The number of fused-ring (bicyclic) bond motifs is 1. The fourth-order valence-electron chi connectivity index (χ4n) is 5.24. The van der Waals surface area contributed by atoms with Gasteiger partial charge in [-0.2, -0.15) is 0 Å². The van der Waals surface area contributed by atoms with E-state index in [2.05, 4.69) is 10.6 Å². The lowest BCUT2D eigenvalue weighted by Crippen LogP contribution is -2.52. The number of likely N-dealkylation sites (N-methyl/N-ethyl adjacent to an activating group) is 1. The first kappa shape index (κ1) is 28.7. The maximum atomic E-state index is 14.1. The van der Waals surface area contributed by atoms with E-state index < -0.39 is 11.5 Å². The SMILES string of the molecule is COc1cc(OC(=O)c2ccc(C)cc2)ccc1-c1ccc2c(c1CNc1cc(F)ccc1C)N(C)C(=O)C(C)(C)N2. The van der Waals surface area contributed by atoms with E-state index in [0.717, 1.165) is 39.2 Å². The van der Waals surface area contributed by atoms with Crippen LogP contribution >= 0.6 is 0 Å². The van der Waals surface area contributed by atoms with Crippen LogP contribution in [0.3, 0.4) is 0 Å². The van der Waals surface area contributed by atoms with Crippen LogP contribution in [-0.2, 0) is 11.3 Å². The van der Waals surface area contributed by atoms with E-state index in [1.807, 2.05) is 58.0 Å². The topological polar surface area (TPSA) is 79.9 Å². The second-order valence-electron chi connectivity index (χ2n) is 11.0. The summed E-state index contributed by atoms with van der Waals surface area (Å²) in [6, 6.07) is 20.9. The maximum Gasteiger partial charge on any atom is 0.343 e. The molecule has 0 aliphatic carbocycles. The molecule has 0 saturated heterocycles. The van der Waals surface area contributed by atoms with Gasteiger partial charge in [0.25, 0.3) is 5.91 Å². The van der Waals surface area contributed by atoms with Crippen LogP contribution in [0, 0.1) is 19.7 Å². The van der Waals surface area contributed by atoms with E-state index in [1.165, 1.54) is 12.1 Å². The Balaban J connectivity index is 1.57. The fraction of sp³-hybridized carbons (Fsp3) is 0.235.